The van der Waals surface area contributed by atoms with Gasteiger partial charge in [0.1, 0.15) is 4.21 Å². The third-order valence-electron chi connectivity index (χ3n) is 5.02. The predicted molar refractivity (Wildman–Crippen MR) is 138 cm³/mol. The first-order valence-corrected chi connectivity index (χ1v) is 14.5. The van der Waals surface area contributed by atoms with Gasteiger partial charge in [-0.2, -0.15) is 13.2 Å². The molecule has 3 N–H and O–H groups in total. The maximum absolute atomic E-state index is 12.9. The molecule has 0 bridgehead atoms. The summed E-state index contributed by atoms with van der Waals surface area (Å²) in [6.07, 6.45) is -4.63. The van der Waals surface area contributed by atoms with Crippen molar-refractivity contribution >= 4 is 54.4 Å². The zero-order valence-electron chi connectivity index (χ0n) is 19.1. The lowest BCUT2D eigenvalue weighted by molar-refractivity contribution is -0.137. The van der Waals surface area contributed by atoms with Crippen LogP contribution in [0.15, 0.2) is 99.4 Å². The molecule has 0 aliphatic carbocycles. The molecule has 8 nitrogen and oxygen atoms in total. The number of rotatable bonds is 8. The highest BCUT2D eigenvalue weighted by Crippen LogP contribution is 2.31. The Morgan fingerprint density at radius 1 is 0.711 bits per heavy atom. The minimum atomic E-state index is -4.63. The van der Waals surface area contributed by atoms with E-state index in [1.807, 2.05) is 0 Å². The van der Waals surface area contributed by atoms with Gasteiger partial charge in [-0.25, -0.2) is 16.8 Å². The Hall–Kier alpha value is -3.88. The molecule has 1 heterocycles. The molecule has 1 aromatic heterocycles. The van der Waals surface area contributed by atoms with Crippen molar-refractivity contribution < 1.29 is 34.8 Å². The number of nitrogens with one attached hydrogen (secondary N) is 3. The number of hydrogen-bond acceptors (Lipinski definition) is 6. The Bertz CT molecular complexity index is 1650. The molecule has 0 fully saturated rings. The molecule has 3 aromatic carbocycles. The summed E-state index contributed by atoms with van der Waals surface area (Å²) in [5.41, 5.74) is -0.512. The van der Waals surface area contributed by atoms with Crippen LogP contribution >= 0.6 is 11.3 Å². The molecular weight excluding hydrogens is 563 g/mol. The van der Waals surface area contributed by atoms with Crippen LogP contribution in [0, 0.1) is 0 Å². The van der Waals surface area contributed by atoms with Gasteiger partial charge >= 0.3 is 6.18 Å². The molecule has 4 rings (SSSR count). The van der Waals surface area contributed by atoms with Gasteiger partial charge in [-0.05, 0) is 78.2 Å². The average Bonchev–Trinajstić information content (AvgIpc) is 3.40. The third kappa shape index (κ3) is 6.51. The number of hydrogen-bond donors (Lipinski definition) is 3. The van der Waals surface area contributed by atoms with Crippen molar-refractivity contribution in [3.8, 4) is 0 Å². The highest BCUT2D eigenvalue weighted by molar-refractivity contribution is 7.94. The Morgan fingerprint density at radius 3 is 1.95 bits per heavy atom. The number of benzene rings is 3. The van der Waals surface area contributed by atoms with Gasteiger partial charge in [0.05, 0.1) is 10.5 Å². The average molecular weight is 582 g/mol. The minimum absolute atomic E-state index is 0.148. The molecule has 0 spiro atoms. The number of carbonyl (C=O) groups excluding carboxylic acids is 1. The molecule has 4 aromatic rings. The molecule has 0 aliphatic rings. The summed E-state index contributed by atoms with van der Waals surface area (Å²) in [7, 11) is -7.93. The summed E-state index contributed by atoms with van der Waals surface area (Å²) in [5.74, 6) is -0.532. The Balaban J connectivity index is 1.40. The molecule has 14 heteroatoms. The molecule has 1 amide bonds. The largest absolute Gasteiger partial charge is 0.416 e. The lowest BCUT2D eigenvalue weighted by Crippen LogP contribution is -2.15. The second kappa shape index (κ2) is 10.5. The fourth-order valence-corrected chi connectivity index (χ4v) is 6.31. The topological polar surface area (TPSA) is 121 Å². The van der Waals surface area contributed by atoms with Crippen LogP contribution in [0.3, 0.4) is 0 Å². The van der Waals surface area contributed by atoms with Crippen LogP contribution in [0.1, 0.15) is 15.9 Å². The van der Waals surface area contributed by atoms with E-state index in [4.69, 9.17) is 0 Å². The zero-order chi connectivity index (χ0) is 27.6. The molecule has 0 radical (unpaired) electrons. The van der Waals surface area contributed by atoms with E-state index in [9.17, 15) is 34.8 Å². The van der Waals surface area contributed by atoms with Crippen LogP contribution in [0.2, 0.25) is 0 Å². The van der Waals surface area contributed by atoms with Crippen molar-refractivity contribution in [2.45, 2.75) is 15.3 Å². The standard InChI is InChI=1S/C24H18F3N3O5S3/c25-24(26,27)17-3-1-4-20(15-17)30-37(32,33)21-12-10-18(11-13-21)28-23(31)16-6-8-19(9-7-16)29-38(34,35)22-5-2-14-36-22/h1-15,29-30H,(H,28,31). The third-order valence-corrected chi connectivity index (χ3v) is 9.20. The van der Waals surface area contributed by atoms with Crippen LogP contribution in [-0.4, -0.2) is 22.7 Å². The number of halogens is 3. The van der Waals surface area contributed by atoms with E-state index < -0.39 is 37.7 Å². The van der Waals surface area contributed by atoms with E-state index in [0.29, 0.717) is 6.07 Å². The summed E-state index contributed by atoms with van der Waals surface area (Å²) in [5, 5.41) is 4.22. The SMILES string of the molecule is O=C(Nc1ccc(S(=O)(=O)Nc2cccc(C(F)(F)F)c2)cc1)c1ccc(NS(=O)(=O)c2cccs2)cc1. The smallest absolute Gasteiger partial charge is 0.322 e. The van der Waals surface area contributed by atoms with E-state index in [1.165, 1.54) is 60.7 Å². The summed E-state index contributed by atoms with van der Waals surface area (Å²) >= 11 is 1.07. The van der Waals surface area contributed by atoms with Gasteiger partial charge in [0.25, 0.3) is 26.0 Å². The Kier molecular flexibility index (Phi) is 7.49. The first-order valence-electron chi connectivity index (χ1n) is 10.6. The van der Waals surface area contributed by atoms with Crippen molar-refractivity contribution in [2.24, 2.45) is 0 Å². The lowest BCUT2D eigenvalue weighted by atomic mass is 10.2. The predicted octanol–water partition coefficient (Wildman–Crippen LogP) is 5.62. The highest BCUT2D eigenvalue weighted by atomic mass is 32.2. The number of alkyl halides is 3. The number of anilines is 3. The number of sulfonamides is 2. The van der Waals surface area contributed by atoms with E-state index in [0.717, 1.165) is 23.5 Å². The first-order chi connectivity index (χ1) is 17.8. The molecule has 0 unspecified atom stereocenters. The Labute approximate surface area is 220 Å². The van der Waals surface area contributed by atoms with Crippen molar-refractivity contribution in [2.75, 3.05) is 14.8 Å². The van der Waals surface area contributed by atoms with Gasteiger partial charge in [-0.15, -0.1) is 11.3 Å². The van der Waals surface area contributed by atoms with Crippen LogP contribution in [0.25, 0.3) is 0 Å². The fraction of sp³-hybridized carbons (Fsp3) is 0.0417. The molecule has 0 saturated carbocycles. The van der Waals surface area contributed by atoms with E-state index in [2.05, 4.69) is 14.8 Å². The summed E-state index contributed by atoms with van der Waals surface area (Å²) < 4.78 is 93.2. The normalized spacial score (nSPS) is 12.1. The van der Waals surface area contributed by atoms with Crippen LogP contribution in [0.4, 0.5) is 30.2 Å². The first kappa shape index (κ1) is 27.2. The molecule has 198 valence electrons. The quantitative estimate of drug-likeness (QED) is 0.249. The van der Waals surface area contributed by atoms with E-state index >= 15 is 0 Å². The maximum Gasteiger partial charge on any atom is 0.416 e. The fourth-order valence-electron chi connectivity index (χ4n) is 3.21. The van der Waals surface area contributed by atoms with Gasteiger partial charge in [0.2, 0.25) is 0 Å². The van der Waals surface area contributed by atoms with E-state index in [1.54, 1.807) is 11.4 Å². The van der Waals surface area contributed by atoms with Crippen molar-refractivity contribution in [3.05, 3.63) is 101 Å². The van der Waals surface area contributed by atoms with Crippen molar-refractivity contribution in [1.29, 1.82) is 0 Å². The molecular formula is C24H18F3N3O5S3. The number of amides is 1. The lowest BCUT2D eigenvalue weighted by Gasteiger charge is -2.12. The Morgan fingerprint density at radius 2 is 1.34 bits per heavy atom. The second-order valence-electron chi connectivity index (χ2n) is 7.78. The summed E-state index contributed by atoms with van der Waals surface area (Å²) in [6, 6.07) is 17.6. The monoisotopic (exact) mass is 581 g/mol. The zero-order valence-corrected chi connectivity index (χ0v) is 21.5. The van der Waals surface area contributed by atoms with Gasteiger partial charge in [0.15, 0.2) is 0 Å². The van der Waals surface area contributed by atoms with Gasteiger partial charge in [-0.1, -0.05) is 12.1 Å². The van der Waals surface area contributed by atoms with Gasteiger partial charge in [0, 0.05) is 22.6 Å². The molecule has 38 heavy (non-hydrogen) atoms. The van der Waals surface area contributed by atoms with Crippen LogP contribution < -0.4 is 14.8 Å². The van der Waals surface area contributed by atoms with E-state index in [-0.39, 0.29) is 31.7 Å². The number of thiophene rings is 1. The summed E-state index contributed by atoms with van der Waals surface area (Å²) in [4.78, 5) is 12.3. The molecule has 0 aliphatic heterocycles. The highest BCUT2D eigenvalue weighted by Gasteiger charge is 2.30. The minimum Gasteiger partial charge on any atom is -0.322 e. The van der Waals surface area contributed by atoms with Crippen LogP contribution in [0.5, 0.6) is 0 Å². The maximum atomic E-state index is 12.9. The molecule has 0 saturated heterocycles. The van der Waals surface area contributed by atoms with Gasteiger partial charge < -0.3 is 5.32 Å². The van der Waals surface area contributed by atoms with Gasteiger partial charge in [-0.3, -0.25) is 14.2 Å². The van der Waals surface area contributed by atoms with Crippen molar-refractivity contribution in [3.63, 3.8) is 0 Å². The number of carbonyl (C=O) groups is 1. The van der Waals surface area contributed by atoms with Crippen molar-refractivity contribution in [1.82, 2.24) is 0 Å². The van der Waals surface area contributed by atoms with Crippen LogP contribution in [-0.2, 0) is 26.2 Å². The molecule has 0 atom stereocenters. The summed E-state index contributed by atoms with van der Waals surface area (Å²) in [6.45, 7) is 0. The second-order valence-corrected chi connectivity index (χ2v) is 12.3.